The fourth-order valence-corrected chi connectivity index (χ4v) is 2.57. The van der Waals surface area contributed by atoms with E-state index in [1.165, 1.54) is 5.56 Å². The number of hydrogen-bond donors (Lipinski definition) is 2. The molecule has 0 spiro atoms. The first-order valence-electron chi connectivity index (χ1n) is 6.78. The molecule has 1 aliphatic heterocycles. The largest absolute Gasteiger partial charge is 0.496 e. The van der Waals surface area contributed by atoms with Gasteiger partial charge in [0.2, 0.25) is 0 Å². The fraction of sp³-hybridized carbons (Fsp3) is 0.400. The van der Waals surface area contributed by atoms with Gasteiger partial charge in [0, 0.05) is 18.7 Å². The molecular weight excluding hydrogens is 270 g/mol. The summed E-state index contributed by atoms with van der Waals surface area (Å²) >= 11 is 5.42. The summed E-state index contributed by atoms with van der Waals surface area (Å²) in [6.45, 7) is 4.28. The van der Waals surface area contributed by atoms with Gasteiger partial charge in [0.15, 0.2) is 5.11 Å². The van der Waals surface area contributed by atoms with Crippen LogP contribution in [0, 0.1) is 6.92 Å². The molecule has 0 aliphatic carbocycles. The third-order valence-corrected chi connectivity index (χ3v) is 3.67. The molecular formula is C15H21N3OS. The van der Waals surface area contributed by atoms with Gasteiger partial charge in [0.1, 0.15) is 5.75 Å². The summed E-state index contributed by atoms with van der Waals surface area (Å²) in [5, 5.41) is 3.94. The monoisotopic (exact) mass is 291 g/mol. The number of benzene rings is 1. The van der Waals surface area contributed by atoms with Gasteiger partial charge in [0.25, 0.3) is 0 Å². The summed E-state index contributed by atoms with van der Waals surface area (Å²) in [5.74, 6) is 0.865. The molecule has 0 atom stereocenters. The third-order valence-electron chi connectivity index (χ3n) is 3.30. The molecule has 0 radical (unpaired) electrons. The maximum Gasteiger partial charge on any atom is 0.173 e. The normalized spacial score (nSPS) is 14.8. The van der Waals surface area contributed by atoms with Crippen molar-refractivity contribution in [2.75, 3.05) is 26.7 Å². The van der Waals surface area contributed by atoms with Gasteiger partial charge < -0.3 is 20.7 Å². The number of nitrogens with one attached hydrogen (secondary N) is 1. The molecule has 4 nitrogen and oxygen atoms in total. The highest BCUT2D eigenvalue weighted by atomic mass is 32.1. The van der Waals surface area contributed by atoms with E-state index in [1.807, 2.05) is 12.1 Å². The summed E-state index contributed by atoms with van der Waals surface area (Å²) in [4.78, 5) is 2.10. The van der Waals surface area contributed by atoms with Crippen molar-refractivity contribution in [3.05, 3.63) is 35.4 Å². The van der Waals surface area contributed by atoms with Crippen LogP contribution in [-0.2, 0) is 0 Å². The van der Waals surface area contributed by atoms with Crippen molar-refractivity contribution in [3.8, 4) is 5.75 Å². The molecule has 0 saturated carbocycles. The molecule has 0 amide bonds. The van der Waals surface area contributed by atoms with Crippen LogP contribution in [0.4, 0.5) is 0 Å². The summed E-state index contributed by atoms with van der Waals surface area (Å²) in [6, 6.07) is 6.18. The second kappa shape index (κ2) is 6.72. The number of aryl methyl sites for hydroxylation is 1. The lowest BCUT2D eigenvalue weighted by atomic mass is 10.0. The summed E-state index contributed by atoms with van der Waals surface area (Å²) in [6.07, 6.45) is 3.04. The lowest BCUT2D eigenvalue weighted by Crippen LogP contribution is -2.43. The minimum atomic E-state index is 0.650. The lowest BCUT2D eigenvalue weighted by Gasteiger charge is -2.32. The van der Waals surface area contributed by atoms with E-state index < -0.39 is 0 Å². The number of rotatable bonds is 5. The van der Waals surface area contributed by atoms with E-state index in [9.17, 15) is 0 Å². The van der Waals surface area contributed by atoms with Crippen molar-refractivity contribution in [2.24, 2.45) is 5.73 Å². The van der Waals surface area contributed by atoms with Gasteiger partial charge in [-0.1, -0.05) is 11.6 Å². The second-order valence-electron chi connectivity index (χ2n) is 4.77. The zero-order chi connectivity index (χ0) is 14.5. The van der Waals surface area contributed by atoms with Crippen LogP contribution in [0.3, 0.4) is 0 Å². The molecule has 0 bridgehead atoms. The van der Waals surface area contributed by atoms with Crippen LogP contribution >= 0.6 is 12.2 Å². The molecule has 2 rings (SSSR count). The molecule has 0 fully saturated rings. The average molecular weight is 291 g/mol. The van der Waals surface area contributed by atoms with Gasteiger partial charge in [-0.15, -0.1) is 0 Å². The number of thiocarbonyl (C=S) groups is 1. The number of methoxy groups -OCH3 is 1. The maximum absolute atomic E-state index is 5.62. The van der Waals surface area contributed by atoms with E-state index >= 15 is 0 Å². The SMILES string of the molecule is COc1ccc(C)cc1C1=CCNC(=S)N1CCCN. The average Bonchev–Trinajstić information content (AvgIpc) is 2.45. The van der Waals surface area contributed by atoms with Gasteiger partial charge in [0.05, 0.1) is 12.8 Å². The Labute approximate surface area is 125 Å². The minimum Gasteiger partial charge on any atom is -0.496 e. The van der Waals surface area contributed by atoms with Crippen molar-refractivity contribution < 1.29 is 4.74 Å². The van der Waals surface area contributed by atoms with E-state index in [0.29, 0.717) is 6.54 Å². The predicted octanol–water partition coefficient (Wildman–Crippen LogP) is 1.88. The highest BCUT2D eigenvalue weighted by Gasteiger charge is 2.21. The van der Waals surface area contributed by atoms with Crippen molar-refractivity contribution in [2.45, 2.75) is 13.3 Å². The Morgan fingerprint density at radius 3 is 2.95 bits per heavy atom. The van der Waals surface area contributed by atoms with Crippen LogP contribution in [0.5, 0.6) is 5.75 Å². The molecule has 0 saturated heterocycles. The molecule has 0 unspecified atom stereocenters. The zero-order valence-electron chi connectivity index (χ0n) is 12.0. The van der Waals surface area contributed by atoms with Gasteiger partial charge in [-0.2, -0.15) is 0 Å². The Hall–Kier alpha value is -1.59. The Morgan fingerprint density at radius 2 is 2.25 bits per heavy atom. The van der Waals surface area contributed by atoms with E-state index in [1.54, 1.807) is 7.11 Å². The second-order valence-corrected chi connectivity index (χ2v) is 5.16. The molecule has 20 heavy (non-hydrogen) atoms. The zero-order valence-corrected chi connectivity index (χ0v) is 12.8. The van der Waals surface area contributed by atoms with Crippen molar-refractivity contribution in [3.63, 3.8) is 0 Å². The molecule has 5 heteroatoms. The Kier molecular flexibility index (Phi) is 4.98. The van der Waals surface area contributed by atoms with Crippen molar-refractivity contribution >= 4 is 23.0 Å². The van der Waals surface area contributed by atoms with E-state index in [2.05, 4.69) is 29.3 Å². The van der Waals surface area contributed by atoms with Crippen molar-refractivity contribution in [1.29, 1.82) is 0 Å². The number of nitrogens with two attached hydrogens (primary N) is 1. The molecule has 1 heterocycles. The van der Waals surface area contributed by atoms with Crippen LogP contribution in [0.15, 0.2) is 24.3 Å². The minimum absolute atomic E-state index is 0.650. The third kappa shape index (κ3) is 3.11. The smallest absolute Gasteiger partial charge is 0.173 e. The Morgan fingerprint density at radius 1 is 1.45 bits per heavy atom. The molecule has 1 aromatic carbocycles. The molecule has 108 valence electrons. The Bertz CT molecular complexity index is 528. The first-order chi connectivity index (χ1) is 9.67. The van der Waals surface area contributed by atoms with E-state index in [-0.39, 0.29) is 0 Å². The number of ether oxygens (including phenoxy) is 1. The molecule has 1 aliphatic rings. The quantitative estimate of drug-likeness (QED) is 0.811. The molecule has 3 N–H and O–H groups in total. The van der Waals surface area contributed by atoms with E-state index in [4.69, 9.17) is 22.7 Å². The maximum atomic E-state index is 5.62. The first-order valence-corrected chi connectivity index (χ1v) is 7.18. The summed E-state index contributed by atoms with van der Waals surface area (Å²) < 4.78 is 5.49. The van der Waals surface area contributed by atoms with E-state index in [0.717, 1.165) is 41.6 Å². The summed E-state index contributed by atoms with van der Waals surface area (Å²) in [7, 11) is 1.69. The number of hydrogen-bond acceptors (Lipinski definition) is 3. The molecule has 1 aromatic rings. The highest BCUT2D eigenvalue weighted by molar-refractivity contribution is 7.80. The number of nitrogens with zero attached hydrogens (tertiary/aromatic N) is 1. The van der Waals surface area contributed by atoms with Crippen LogP contribution in [0.2, 0.25) is 0 Å². The van der Waals surface area contributed by atoms with Crippen LogP contribution in [0.1, 0.15) is 17.5 Å². The van der Waals surface area contributed by atoms with Crippen LogP contribution < -0.4 is 15.8 Å². The standard InChI is InChI=1S/C15H21N3OS/c1-11-4-5-14(19-2)12(10-11)13-6-8-17-15(20)18(13)9-3-7-16/h4-6,10H,3,7-9,16H2,1-2H3,(H,17,20). The Balaban J connectivity index is 2.39. The fourth-order valence-electron chi connectivity index (χ4n) is 2.30. The van der Waals surface area contributed by atoms with Gasteiger partial charge in [-0.05, 0) is 50.3 Å². The summed E-state index contributed by atoms with van der Waals surface area (Å²) in [5.41, 5.74) is 9.00. The van der Waals surface area contributed by atoms with Crippen LogP contribution in [0.25, 0.3) is 5.70 Å². The lowest BCUT2D eigenvalue weighted by molar-refractivity contribution is 0.411. The topological polar surface area (TPSA) is 50.5 Å². The first kappa shape index (κ1) is 14.8. The molecule has 0 aromatic heterocycles. The van der Waals surface area contributed by atoms with Gasteiger partial charge in [-0.3, -0.25) is 0 Å². The van der Waals surface area contributed by atoms with Gasteiger partial charge >= 0.3 is 0 Å². The van der Waals surface area contributed by atoms with Crippen molar-refractivity contribution in [1.82, 2.24) is 10.2 Å². The van der Waals surface area contributed by atoms with Crippen LogP contribution in [-0.4, -0.2) is 36.8 Å². The highest BCUT2D eigenvalue weighted by Crippen LogP contribution is 2.30. The predicted molar refractivity (Wildman–Crippen MR) is 86.7 cm³/mol. The van der Waals surface area contributed by atoms with Gasteiger partial charge in [-0.25, -0.2) is 0 Å².